The Morgan fingerprint density at radius 3 is 2.00 bits per heavy atom. The van der Waals surface area contributed by atoms with Crippen LogP contribution in [-0.2, 0) is 14.3 Å². The monoisotopic (exact) mass is 288 g/mol. The van der Waals surface area contributed by atoms with Crippen molar-refractivity contribution in [1.82, 2.24) is 0 Å². The maximum absolute atomic E-state index is 12.5. The van der Waals surface area contributed by atoms with Gasteiger partial charge in [0.15, 0.2) is 5.78 Å². The third-order valence-electron chi connectivity index (χ3n) is 4.02. The number of esters is 1. The number of ketones is 1. The molecule has 3 nitrogen and oxygen atoms in total. The summed E-state index contributed by atoms with van der Waals surface area (Å²) in [5.74, 6) is -0.273. The Labute approximate surface area is 104 Å². The number of hydrogen-bond donors (Lipinski definition) is 0. The number of carbonyl (C=O) groups is 2. The van der Waals surface area contributed by atoms with E-state index in [-0.39, 0.29) is 11.8 Å². The van der Waals surface area contributed by atoms with Crippen molar-refractivity contribution in [3.05, 3.63) is 0 Å². The highest BCUT2D eigenvalue weighted by Gasteiger charge is 2.58. The van der Waals surface area contributed by atoms with Crippen molar-refractivity contribution in [3.8, 4) is 0 Å². The molecule has 2 aliphatic carbocycles. The van der Waals surface area contributed by atoms with E-state index in [0.29, 0.717) is 12.8 Å². The van der Waals surface area contributed by atoms with E-state index in [0.717, 1.165) is 32.1 Å². The highest BCUT2D eigenvalue weighted by atomic mass is 79.9. The largest absolute Gasteiger partial charge is 0.468 e. The normalized spacial score (nSPS) is 25.9. The van der Waals surface area contributed by atoms with Gasteiger partial charge in [-0.3, -0.25) is 9.59 Å². The first-order valence-electron chi connectivity index (χ1n) is 5.87. The molecule has 0 aromatic rings. The summed E-state index contributed by atoms with van der Waals surface area (Å²) in [6.07, 6.45) is 6.10. The summed E-state index contributed by atoms with van der Waals surface area (Å²) < 4.78 is 4.35. The van der Waals surface area contributed by atoms with Crippen LogP contribution in [0, 0.1) is 5.41 Å². The number of methoxy groups -OCH3 is 1. The fraction of sp³-hybridized carbons (Fsp3) is 0.833. The van der Waals surface area contributed by atoms with Crippen molar-refractivity contribution >= 4 is 27.7 Å². The lowest BCUT2D eigenvalue weighted by atomic mass is 9.63. The van der Waals surface area contributed by atoms with E-state index < -0.39 is 9.74 Å². The zero-order chi connectivity index (χ0) is 11.8. The van der Waals surface area contributed by atoms with Crippen LogP contribution in [0.25, 0.3) is 0 Å². The standard InChI is InChI=1S/C12H17BrO3/c1-16-10(15)11(5-4-6-11)9(14)12(13)7-2-3-8-12/h2-8H2,1H3. The smallest absolute Gasteiger partial charge is 0.319 e. The fourth-order valence-electron chi connectivity index (χ4n) is 2.84. The predicted octanol–water partition coefficient (Wildman–Crippen LogP) is 2.61. The van der Waals surface area contributed by atoms with Crippen LogP contribution in [0.15, 0.2) is 0 Å². The molecule has 16 heavy (non-hydrogen) atoms. The first-order chi connectivity index (χ1) is 7.55. The van der Waals surface area contributed by atoms with Crippen molar-refractivity contribution in [1.29, 1.82) is 0 Å². The van der Waals surface area contributed by atoms with Crippen LogP contribution in [-0.4, -0.2) is 23.2 Å². The molecule has 0 amide bonds. The highest BCUT2D eigenvalue weighted by Crippen LogP contribution is 2.51. The van der Waals surface area contributed by atoms with Gasteiger partial charge in [-0.15, -0.1) is 0 Å². The first kappa shape index (κ1) is 12.1. The second kappa shape index (κ2) is 4.13. The van der Waals surface area contributed by atoms with Gasteiger partial charge in [0.25, 0.3) is 0 Å². The molecule has 4 heteroatoms. The molecule has 2 saturated carbocycles. The van der Waals surface area contributed by atoms with E-state index in [2.05, 4.69) is 15.9 Å². The molecule has 90 valence electrons. The summed E-state index contributed by atoms with van der Waals surface area (Å²) in [5.41, 5.74) is -0.831. The highest BCUT2D eigenvalue weighted by molar-refractivity contribution is 9.10. The predicted molar refractivity (Wildman–Crippen MR) is 63.4 cm³/mol. The second-order valence-corrected chi connectivity index (χ2v) is 6.45. The Balaban J connectivity index is 2.21. The second-order valence-electron chi connectivity index (χ2n) is 4.93. The first-order valence-corrected chi connectivity index (χ1v) is 6.67. The Morgan fingerprint density at radius 2 is 1.62 bits per heavy atom. The van der Waals surface area contributed by atoms with Crippen molar-refractivity contribution in [2.24, 2.45) is 5.41 Å². The van der Waals surface area contributed by atoms with Crippen LogP contribution in [0.5, 0.6) is 0 Å². The van der Waals surface area contributed by atoms with Crippen LogP contribution in [0.1, 0.15) is 44.9 Å². The van der Waals surface area contributed by atoms with E-state index >= 15 is 0 Å². The molecule has 2 fully saturated rings. The Morgan fingerprint density at radius 1 is 1.06 bits per heavy atom. The lowest BCUT2D eigenvalue weighted by Gasteiger charge is -2.41. The van der Waals surface area contributed by atoms with Gasteiger partial charge in [-0.05, 0) is 25.7 Å². The van der Waals surface area contributed by atoms with Crippen molar-refractivity contribution in [3.63, 3.8) is 0 Å². The van der Waals surface area contributed by atoms with E-state index in [4.69, 9.17) is 4.74 Å². The quantitative estimate of drug-likeness (QED) is 0.455. The third kappa shape index (κ3) is 1.62. The third-order valence-corrected chi connectivity index (χ3v) is 5.17. The van der Waals surface area contributed by atoms with Crippen LogP contribution >= 0.6 is 15.9 Å². The van der Waals surface area contributed by atoms with E-state index in [1.807, 2.05) is 0 Å². The van der Waals surface area contributed by atoms with Gasteiger partial charge in [0.1, 0.15) is 5.41 Å². The molecule has 0 atom stereocenters. The summed E-state index contributed by atoms with van der Waals surface area (Å²) in [6, 6.07) is 0. The molecule has 0 aromatic carbocycles. The molecule has 0 bridgehead atoms. The summed E-state index contributed by atoms with van der Waals surface area (Å²) in [6.45, 7) is 0. The van der Waals surface area contributed by atoms with Gasteiger partial charge in [0.05, 0.1) is 11.4 Å². The summed E-state index contributed by atoms with van der Waals surface area (Å²) in [7, 11) is 1.37. The van der Waals surface area contributed by atoms with Gasteiger partial charge >= 0.3 is 5.97 Å². The van der Waals surface area contributed by atoms with E-state index in [1.165, 1.54) is 7.11 Å². The summed E-state index contributed by atoms with van der Waals surface area (Å²) >= 11 is 3.56. The summed E-state index contributed by atoms with van der Waals surface area (Å²) in [5, 5.41) is 0. The minimum Gasteiger partial charge on any atom is -0.468 e. The molecule has 0 radical (unpaired) electrons. The van der Waals surface area contributed by atoms with Crippen LogP contribution < -0.4 is 0 Å². The van der Waals surface area contributed by atoms with Crippen LogP contribution in [0.4, 0.5) is 0 Å². The number of Topliss-reactive ketones (excluding diaryl/α,β-unsaturated/α-hetero) is 1. The SMILES string of the molecule is COC(=O)C1(C(=O)C2(Br)CCCC2)CCC1. The number of hydrogen-bond acceptors (Lipinski definition) is 3. The molecular weight excluding hydrogens is 272 g/mol. The fourth-order valence-corrected chi connectivity index (χ4v) is 3.78. The number of halogens is 1. The molecule has 0 unspecified atom stereocenters. The number of carbonyl (C=O) groups excluding carboxylic acids is 2. The average molecular weight is 289 g/mol. The molecule has 0 saturated heterocycles. The molecule has 0 spiro atoms. The van der Waals surface area contributed by atoms with Gasteiger partial charge < -0.3 is 4.74 Å². The maximum atomic E-state index is 12.5. The minimum absolute atomic E-state index is 0.0654. The molecule has 2 rings (SSSR count). The number of ether oxygens (including phenoxy) is 1. The summed E-state index contributed by atoms with van der Waals surface area (Å²) in [4.78, 5) is 24.3. The maximum Gasteiger partial charge on any atom is 0.319 e. The van der Waals surface area contributed by atoms with E-state index in [1.54, 1.807) is 0 Å². The van der Waals surface area contributed by atoms with Gasteiger partial charge in [0.2, 0.25) is 0 Å². The van der Waals surface area contributed by atoms with Gasteiger partial charge in [-0.1, -0.05) is 35.2 Å². The Kier molecular flexibility index (Phi) is 3.12. The lowest BCUT2D eigenvalue weighted by Crippen LogP contribution is -2.52. The van der Waals surface area contributed by atoms with Crippen LogP contribution in [0.3, 0.4) is 0 Å². The average Bonchev–Trinajstić information content (AvgIpc) is 2.64. The minimum atomic E-state index is -0.831. The number of rotatable bonds is 3. The van der Waals surface area contributed by atoms with Gasteiger partial charge in [-0.25, -0.2) is 0 Å². The Bertz CT molecular complexity index is 314. The molecule has 0 aromatic heterocycles. The van der Waals surface area contributed by atoms with Crippen molar-refractivity contribution in [2.75, 3.05) is 7.11 Å². The van der Waals surface area contributed by atoms with E-state index in [9.17, 15) is 9.59 Å². The van der Waals surface area contributed by atoms with Gasteiger partial charge in [-0.2, -0.15) is 0 Å². The molecule has 2 aliphatic rings. The molecular formula is C12H17BrO3. The zero-order valence-electron chi connectivity index (χ0n) is 9.55. The molecule has 0 N–H and O–H groups in total. The molecule has 0 heterocycles. The van der Waals surface area contributed by atoms with Crippen molar-refractivity contribution < 1.29 is 14.3 Å². The number of alkyl halides is 1. The van der Waals surface area contributed by atoms with Crippen molar-refractivity contribution in [2.45, 2.75) is 49.3 Å². The van der Waals surface area contributed by atoms with Gasteiger partial charge in [0, 0.05) is 0 Å². The Hall–Kier alpha value is -0.380. The topological polar surface area (TPSA) is 43.4 Å². The molecule has 0 aliphatic heterocycles. The zero-order valence-corrected chi connectivity index (χ0v) is 11.1. The van der Waals surface area contributed by atoms with Crippen LogP contribution in [0.2, 0.25) is 0 Å². The lowest BCUT2D eigenvalue weighted by molar-refractivity contribution is -0.165.